The first kappa shape index (κ1) is 23.5. The van der Waals surface area contributed by atoms with E-state index < -0.39 is 15.6 Å². The third-order valence-corrected chi connectivity index (χ3v) is 9.00. The molecule has 1 fully saturated rings. The van der Waals surface area contributed by atoms with Gasteiger partial charge in [0.1, 0.15) is 0 Å². The van der Waals surface area contributed by atoms with Gasteiger partial charge in [0.25, 0.3) is 5.91 Å². The second-order valence-electron chi connectivity index (χ2n) is 9.60. The third-order valence-electron chi connectivity index (χ3n) is 6.97. The molecule has 3 aromatic rings. The van der Waals surface area contributed by atoms with E-state index in [4.69, 9.17) is 0 Å². The van der Waals surface area contributed by atoms with Gasteiger partial charge in [-0.1, -0.05) is 18.2 Å². The molecule has 1 saturated heterocycles. The number of amides is 1. The number of aromatic nitrogens is 2. The average Bonchev–Trinajstić information content (AvgIpc) is 3.38. The highest BCUT2D eigenvalue weighted by Crippen LogP contribution is 2.43. The number of benzene rings is 2. The van der Waals surface area contributed by atoms with E-state index in [-0.39, 0.29) is 17.3 Å². The highest BCUT2D eigenvalue weighted by molar-refractivity contribution is 7.89. The molecule has 10 heteroatoms. The molecule has 0 bridgehead atoms. The number of likely N-dealkylation sites (N-methyl/N-ethyl adjacent to an activating group) is 1. The molecule has 0 atom stereocenters. The quantitative estimate of drug-likeness (QED) is 0.566. The van der Waals surface area contributed by atoms with Gasteiger partial charge in [0, 0.05) is 49.5 Å². The van der Waals surface area contributed by atoms with E-state index >= 15 is 0 Å². The largest absolute Gasteiger partial charge is 0.369 e. The highest BCUT2D eigenvalue weighted by atomic mass is 32.2. The standard InChI is InChI=1S/C25H30N6O3S/c1-25(2)22-21(17-31(25)35(33,34)20-7-5-4-6-8-20)23(28-27-22)26-24(32)18-9-11-19(12-10-18)30-15-13-29(3)14-16-30/h4-12H,13-17H2,1-3H3,(H2,26,27,28,32). The van der Waals surface area contributed by atoms with Gasteiger partial charge in [0.05, 0.1) is 16.1 Å². The molecule has 5 rings (SSSR count). The normalized spacial score (nSPS) is 18.4. The van der Waals surface area contributed by atoms with Crippen LogP contribution in [0.15, 0.2) is 59.5 Å². The number of hydrogen-bond acceptors (Lipinski definition) is 6. The minimum absolute atomic E-state index is 0.119. The molecular formula is C25H30N6O3S. The second kappa shape index (κ2) is 8.78. The summed E-state index contributed by atoms with van der Waals surface area (Å²) in [5, 5.41) is 10.1. The number of H-pyrrole nitrogens is 1. The summed E-state index contributed by atoms with van der Waals surface area (Å²) in [6.45, 7) is 7.73. The zero-order valence-corrected chi connectivity index (χ0v) is 21.0. The summed E-state index contributed by atoms with van der Waals surface area (Å²) in [6, 6.07) is 15.9. The maximum absolute atomic E-state index is 13.3. The van der Waals surface area contributed by atoms with E-state index in [2.05, 4.69) is 32.4 Å². The summed E-state index contributed by atoms with van der Waals surface area (Å²) in [7, 11) is -1.62. The molecule has 0 saturated carbocycles. The topological polar surface area (TPSA) is 102 Å². The Morgan fingerprint density at radius 1 is 1.00 bits per heavy atom. The van der Waals surface area contributed by atoms with Crippen LogP contribution in [0.4, 0.5) is 11.5 Å². The van der Waals surface area contributed by atoms with Gasteiger partial charge in [-0.3, -0.25) is 9.89 Å². The van der Waals surface area contributed by atoms with Crippen molar-refractivity contribution >= 4 is 27.4 Å². The number of anilines is 2. The Balaban J connectivity index is 1.33. The van der Waals surface area contributed by atoms with Gasteiger partial charge in [0.2, 0.25) is 10.0 Å². The van der Waals surface area contributed by atoms with Gasteiger partial charge in [0.15, 0.2) is 5.82 Å². The molecule has 0 radical (unpaired) electrons. The zero-order valence-electron chi connectivity index (χ0n) is 20.2. The number of piperazine rings is 1. The van der Waals surface area contributed by atoms with Gasteiger partial charge in [-0.15, -0.1) is 0 Å². The SMILES string of the molecule is CN1CCN(c2ccc(C(=O)Nc3n[nH]c4c3CN(S(=O)(=O)c3ccccc3)C4(C)C)cc2)CC1. The van der Waals surface area contributed by atoms with Crippen molar-refractivity contribution in [1.29, 1.82) is 0 Å². The van der Waals surface area contributed by atoms with Crippen LogP contribution >= 0.6 is 0 Å². The second-order valence-corrected chi connectivity index (χ2v) is 11.5. The number of aromatic amines is 1. The van der Waals surface area contributed by atoms with E-state index in [0.29, 0.717) is 22.6 Å². The van der Waals surface area contributed by atoms with Crippen molar-refractivity contribution in [3.63, 3.8) is 0 Å². The lowest BCUT2D eigenvalue weighted by atomic mass is 10.0. The monoisotopic (exact) mass is 494 g/mol. The molecule has 35 heavy (non-hydrogen) atoms. The Labute approximate surface area is 205 Å². The summed E-state index contributed by atoms with van der Waals surface area (Å²) in [4.78, 5) is 17.8. The predicted octanol–water partition coefficient (Wildman–Crippen LogP) is 2.85. The smallest absolute Gasteiger partial charge is 0.256 e. The first-order valence-electron chi connectivity index (χ1n) is 11.7. The number of rotatable bonds is 5. The van der Waals surface area contributed by atoms with Crippen LogP contribution in [-0.4, -0.2) is 67.0 Å². The Hall–Kier alpha value is -3.21. The molecule has 0 aliphatic carbocycles. The van der Waals surface area contributed by atoms with E-state index in [0.717, 1.165) is 31.9 Å². The first-order valence-corrected chi connectivity index (χ1v) is 13.1. The van der Waals surface area contributed by atoms with Crippen molar-refractivity contribution in [2.24, 2.45) is 0 Å². The van der Waals surface area contributed by atoms with Crippen LogP contribution in [0.3, 0.4) is 0 Å². The molecule has 0 unspecified atom stereocenters. The van der Waals surface area contributed by atoms with Gasteiger partial charge >= 0.3 is 0 Å². The minimum Gasteiger partial charge on any atom is -0.369 e. The third kappa shape index (κ3) is 4.22. The molecule has 0 spiro atoms. The number of fused-ring (bicyclic) bond motifs is 1. The fourth-order valence-corrected chi connectivity index (χ4v) is 6.51. The Kier molecular flexibility index (Phi) is 5.90. The number of carbonyl (C=O) groups is 1. The lowest BCUT2D eigenvalue weighted by molar-refractivity contribution is 0.102. The van der Waals surface area contributed by atoms with Crippen LogP contribution in [0.5, 0.6) is 0 Å². The summed E-state index contributed by atoms with van der Waals surface area (Å²) >= 11 is 0. The summed E-state index contributed by atoms with van der Waals surface area (Å²) in [6.07, 6.45) is 0. The van der Waals surface area contributed by atoms with Crippen LogP contribution in [0, 0.1) is 0 Å². The lowest BCUT2D eigenvalue weighted by Gasteiger charge is -2.34. The fourth-order valence-electron chi connectivity index (χ4n) is 4.77. The Morgan fingerprint density at radius 2 is 1.66 bits per heavy atom. The van der Waals surface area contributed by atoms with Crippen LogP contribution in [-0.2, 0) is 22.1 Å². The number of hydrogen-bond donors (Lipinski definition) is 2. The van der Waals surface area contributed by atoms with Crippen molar-refractivity contribution in [2.45, 2.75) is 30.8 Å². The molecule has 2 N–H and O–H groups in total. The van der Waals surface area contributed by atoms with Gasteiger partial charge in [-0.05, 0) is 57.3 Å². The average molecular weight is 495 g/mol. The molecule has 3 heterocycles. The molecule has 2 aromatic carbocycles. The number of nitrogens with one attached hydrogen (secondary N) is 2. The number of carbonyl (C=O) groups excluding carboxylic acids is 1. The van der Waals surface area contributed by atoms with Gasteiger partial charge in [-0.2, -0.15) is 9.40 Å². The van der Waals surface area contributed by atoms with Crippen molar-refractivity contribution in [2.75, 3.05) is 43.4 Å². The highest BCUT2D eigenvalue weighted by Gasteiger charge is 2.47. The molecule has 184 valence electrons. The van der Waals surface area contributed by atoms with E-state index in [1.54, 1.807) is 30.3 Å². The van der Waals surface area contributed by atoms with Crippen LogP contribution in [0.2, 0.25) is 0 Å². The summed E-state index contributed by atoms with van der Waals surface area (Å²) < 4.78 is 28.1. The molecule has 2 aliphatic heterocycles. The molecule has 1 amide bonds. The first-order chi connectivity index (χ1) is 16.7. The maximum Gasteiger partial charge on any atom is 0.256 e. The molecule has 1 aromatic heterocycles. The zero-order chi connectivity index (χ0) is 24.8. The van der Waals surface area contributed by atoms with Crippen molar-refractivity contribution in [3.05, 3.63) is 71.4 Å². The number of sulfonamides is 1. The molecular weight excluding hydrogens is 464 g/mol. The minimum atomic E-state index is -3.74. The Bertz CT molecular complexity index is 1330. The van der Waals surface area contributed by atoms with Gasteiger partial charge in [-0.25, -0.2) is 8.42 Å². The Morgan fingerprint density at radius 3 is 2.31 bits per heavy atom. The summed E-state index contributed by atoms with van der Waals surface area (Å²) in [5.41, 5.74) is 2.13. The fraction of sp³-hybridized carbons (Fsp3) is 0.360. The molecule has 2 aliphatic rings. The van der Waals surface area contributed by atoms with Crippen LogP contribution in [0.1, 0.15) is 35.5 Å². The van der Waals surface area contributed by atoms with E-state index in [1.165, 1.54) is 4.31 Å². The van der Waals surface area contributed by atoms with Crippen molar-refractivity contribution < 1.29 is 13.2 Å². The van der Waals surface area contributed by atoms with Crippen LogP contribution < -0.4 is 10.2 Å². The summed E-state index contributed by atoms with van der Waals surface area (Å²) in [5.74, 6) is 0.0679. The lowest BCUT2D eigenvalue weighted by Crippen LogP contribution is -2.44. The molecule has 9 nitrogen and oxygen atoms in total. The number of nitrogens with zero attached hydrogens (tertiary/aromatic N) is 4. The predicted molar refractivity (Wildman–Crippen MR) is 135 cm³/mol. The van der Waals surface area contributed by atoms with Crippen molar-refractivity contribution in [3.8, 4) is 0 Å². The van der Waals surface area contributed by atoms with Crippen LogP contribution in [0.25, 0.3) is 0 Å². The van der Waals surface area contributed by atoms with E-state index in [9.17, 15) is 13.2 Å². The van der Waals surface area contributed by atoms with E-state index in [1.807, 2.05) is 38.1 Å². The maximum atomic E-state index is 13.3. The van der Waals surface area contributed by atoms with Crippen molar-refractivity contribution in [1.82, 2.24) is 19.4 Å². The van der Waals surface area contributed by atoms with Gasteiger partial charge < -0.3 is 15.1 Å².